The second kappa shape index (κ2) is 7.01. The summed E-state index contributed by atoms with van der Waals surface area (Å²) in [6.45, 7) is 10.6. The highest BCUT2D eigenvalue weighted by Crippen LogP contribution is 2.29. The number of rotatable bonds is 6. The summed E-state index contributed by atoms with van der Waals surface area (Å²) in [6, 6.07) is 7.91. The van der Waals surface area contributed by atoms with Crippen LogP contribution in [-0.4, -0.2) is 20.8 Å². The van der Waals surface area contributed by atoms with Gasteiger partial charge in [0.05, 0.1) is 12.4 Å². The van der Waals surface area contributed by atoms with Gasteiger partial charge in [0, 0.05) is 16.6 Å². The summed E-state index contributed by atoms with van der Waals surface area (Å²) < 4.78 is 28.4. The van der Waals surface area contributed by atoms with Crippen LogP contribution in [0.4, 0.5) is 0 Å². The second-order valence-corrected chi connectivity index (χ2v) is 9.62. The van der Waals surface area contributed by atoms with Gasteiger partial charge < -0.3 is 4.74 Å². The van der Waals surface area contributed by atoms with E-state index in [1.165, 1.54) is 5.56 Å². The third kappa shape index (κ3) is 6.70. The van der Waals surface area contributed by atoms with Gasteiger partial charge in [0.25, 0.3) is 0 Å². The molecule has 5 heteroatoms. The van der Waals surface area contributed by atoms with Gasteiger partial charge >= 0.3 is 0 Å². The molecule has 0 aliphatic heterocycles. The molecule has 1 unspecified atom stereocenters. The standard InChI is InChI=1S/C16H25ClO3S/c1-12(2)13-6-8-15(9-7-13)20-10-14(16(3,4)5)11-21(17,18)19/h6-9,12,14H,10-11H2,1-5H3. The molecule has 0 aliphatic rings. The minimum atomic E-state index is -3.54. The molecule has 0 bridgehead atoms. The molecule has 0 fully saturated rings. The molecule has 0 heterocycles. The maximum absolute atomic E-state index is 11.3. The van der Waals surface area contributed by atoms with E-state index in [9.17, 15) is 8.42 Å². The average molecular weight is 333 g/mol. The molecule has 1 rings (SSSR count). The van der Waals surface area contributed by atoms with Crippen molar-refractivity contribution >= 4 is 19.7 Å². The fourth-order valence-electron chi connectivity index (χ4n) is 1.93. The first-order valence-electron chi connectivity index (χ1n) is 7.14. The van der Waals surface area contributed by atoms with Gasteiger partial charge in [-0.3, -0.25) is 0 Å². The summed E-state index contributed by atoms with van der Waals surface area (Å²) >= 11 is 0. The average Bonchev–Trinajstić information content (AvgIpc) is 2.32. The van der Waals surface area contributed by atoms with Gasteiger partial charge in [-0.25, -0.2) is 8.42 Å². The van der Waals surface area contributed by atoms with Crippen molar-refractivity contribution in [2.45, 2.75) is 40.5 Å². The third-order valence-electron chi connectivity index (χ3n) is 3.62. The Labute approximate surface area is 133 Å². The summed E-state index contributed by atoms with van der Waals surface area (Å²) in [6.07, 6.45) is 0. The molecule has 21 heavy (non-hydrogen) atoms. The van der Waals surface area contributed by atoms with Crippen molar-refractivity contribution < 1.29 is 13.2 Å². The van der Waals surface area contributed by atoms with E-state index in [0.717, 1.165) is 5.75 Å². The Hall–Kier alpha value is -0.740. The Balaban J connectivity index is 2.73. The van der Waals surface area contributed by atoms with Gasteiger partial charge in [0.1, 0.15) is 5.75 Å². The smallest absolute Gasteiger partial charge is 0.233 e. The van der Waals surface area contributed by atoms with Crippen LogP contribution in [0.15, 0.2) is 24.3 Å². The van der Waals surface area contributed by atoms with Crippen LogP contribution < -0.4 is 4.74 Å². The van der Waals surface area contributed by atoms with Gasteiger partial charge in [-0.15, -0.1) is 0 Å². The fourth-order valence-corrected chi connectivity index (χ4v) is 3.47. The monoisotopic (exact) mass is 332 g/mol. The maximum atomic E-state index is 11.3. The second-order valence-electron chi connectivity index (χ2n) is 6.80. The molecule has 0 saturated carbocycles. The van der Waals surface area contributed by atoms with Gasteiger partial charge in [0.15, 0.2) is 0 Å². The Kier molecular flexibility index (Phi) is 6.11. The minimum Gasteiger partial charge on any atom is -0.493 e. The third-order valence-corrected chi connectivity index (χ3v) is 4.80. The number of benzene rings is 1. The molecule has 0 saturated heterocycles. The van der Waals surface area contributed by atoms with E-state index in [1.807, 2.05) is 45.0 Å². The predicted molar refractivity (Wildman–Crippen MR) is 88.6 cm³/mol. The van der Waals surface area contributed by atoms with Gasteiger partial charge in [0.2, 0.25) is 9.05 Å². The van der Waals surface area contributed by atoms with E-state index in [2.05, 4.69) is 13.8 Å². The van der Waals surface area contributed by atoms with Crippen molar-refractivity contribution in [1.29, 1.82) is 0 Å². The van der Waals surface area contributed by atoms with Crippen molar-refractivity contribution in [1.82, 2.24) is 0 Å². The minimum absolute atomic E-state index is 0.0812. The fraction of sp³-hybridized carbons (Fsp3) is 0.625. The van der Waals surface area contributed by atoms with E-state index in [0.29, 0.717) is 12.5 Å². The lowest BCUT2D eigenvalue weighted by atomic mass is 9.82. The van der Waals surface area contributed by atoms with Crippen LogP contribution in [0, 0.1) is 11.3 Å². The highest BCUT2D eigenvalue weighted by Gasteiger charge is 2.29. The van der Waals surface area contributed by atoms with Crippen LogP contribution in [0.2, 0.25) is 0 Å². The van der Waals surface area contributed by atoms with E-state index in [-0.39, 0.29) is 17.1 Å². The molecule has 120 valence electrons. The van der Waals surface area contributed by atoms with Gasteiger partial charge in [-0.05, 0) is 29.0 Å². The van der Waals surface area contributed by atoms with Gasteiger partial charge in [-0.1, -0.05) is 46.8 Å². The first-order valence-corrected chi connectivity index (χ1v) is 9.62. The van der Waals surface area contributed by atoms with Crippen LogP contribution in [-0.2, 0) is 9.05 Å². The molecule has 0 aromatic heterocycles. The largest absolute Gasteiger partial charge is 0.493 e. The van der Waals surface area contributed by atoms with Crippen LogP contribution in [0.3, 0.4) is 0 Å². The number of halogens is 1. The summed E-state index contributed by atoms with van der Waals surface area (Å²) in [7, 11) is 1.85. The van der Waals surface area contributed by atoms with Crippen LogP contribution >= 0.6 is 10.7 Å². The molecule has 1 atom stereocenters. The van der Waals surface area contributed by atoms with Gasteiger partial charge in [-0.2, -0.15) is 0 Å². The highest BCUT2D eigenvalue weighted by molar-refractivity contribution is 8.13. The van der Waals surface area contributed by atoms with Crippen molar-refractivity contribution in [3.05, 3.63) is 29.8 Å². The van der Waals surface area contributed by atoms with E-state index >= 15 is 0 Å². The van der Waals surface area contributed by atoms with Crippen molar-refractivity contribution in [2.24, 2.45) is 11.3 Å². The molecule has 0 spiro atoms. The Morgan fingerprint density at radius 2 is 1.67 bits per heavy atom. The topological polar surface area (TPSA) is 43.4 Å². The van der Waals surface area contributed by atoms with Crippen LogP contribution in [0.1, 0.15) is 46.1 Å². The zero-order valence-corrected chi connectivity index (χ0v) is 15.0. The lowest BCUT2D eigenvalue weighted by Crippen LogP contribution is -2.31. The molecule has 0 aliphatic carbocycles. The van der Waals surface area contributed by atoms with Crippen LogP contribution in [0.5, 0.6) is 5.75 Å². The number of hydrogen-bond donors (Lipinski definition) is 0. The Morgan fingerprint density at radius 1 is 1.14 bits per heavy atom. The van der Waals surface area contributed by atoms with Crippen LogP contribution in [0.25, 0.3) is 0 Å². The molecule has 0 radical (unpaired) electrons. The zero-order chi connectivity index (χ0) is 16.3. The predicted octanol–water partition coefficient (Wildman–Crippen LogP) is 4.42. The first kappa shape index (κ1) is 18.3. The summed E-state index contributed by atoms with van der Waals surface area (Å²) in [5.41, 5.74) is 1.05. The molecular formula is C16H25ClO3S. The molecule has 3 nitrogen and oxygen atoms in total. The van der Waals surface area contributed by atoms with E-state index in [4.69, 9.17) is 15.4 Å². The summed E-state index contributed by atoms with van der Waals surface area (Å²) in [5.74, 6) is 0.982. The van der Waals surface area contributed by atoms with Crippen molar-refractivity contribution in [3.8, 4) is 5.75 Å². The summed E-state index contributed by atoms with van der Waals surface area (Å²) in [4.78, 5) is 0. The SMILES string of the molecule is CC(C)c1ccc(OCC(CS(=O)(=O)Cl)C(C)(C)C)cc1. The molecule has 0 amide bonds. The van der Waals surface area contributed by atoms with E-state index < -0.39 is 9.05 Å². The lowest BCUT2D eigenvalue weighted by molar-refractivity contribution is 0.163. The van der Waals surface area contributed by atoms with Crippen molar-refractivity contribution in [3.63, 3.8) is 0 Å². The van der Waals surface area contributed by atoms with E-state index in [1.54, 1.807) is 0 Å². The molecule has 1 aromatic carbocycles. The molecule has 0 N–H and O–H groups in total. The molecular weight excluding hydrogens is 308 g/mol. The Morgan fingerprint density at radius 3 is 2.05 bits per heavy atom. The normalized spacial score (nSPS) is 14.2. The zero-order valence-electron chi connectivity index (χ0n) is 13.4. The lowest BCUT2D eigenvalue weighted by Gasteiger charge is -2.29. The maximum Gasteiger partial charge on any atom is 0.233 e. The quantitative estimate of drug-likeness (QED) is 0.724. The first-order chi connectivity index (χ1) is 9.49. The number of hydrogen-bond acceptors (Lipinski definition) is 3. The highest BCUT2D eigenvalue weighted by atomic mass is 35.7. The van der Waals surface area contributed by atoms with Crippen molar-refractivity contribution in [2.75, 3.05) is 12.4 Å². The number of ether oxygens (including phenoxy) is 1. The molecule has 1 aromatic rings. The summed E-state index contributed by atoms with van der Waals surface area (Å²) in [5, 5.41) is 0. The Bertz CT molecular complexity index is 542.